The van der Waals surface area contributed by atoms with Crippen LogP contribution in [0.25, 0.3) is 0 Å². The summed E-state index contributed by atoms with van der Waals surface area (Å²) in [6.45, 7) is 11.8. The number of hydrogen-bond donors (Lipinski definition) is 9. The maximum Gasteiger partial charge on any atom is 0.338 e. The van der Waals surface area contributed by atoms with Gasteiger partial charge in [0, 0.05) is 5.41 Å². The molecule has 19 nitrogen and oxygen atoms in total. The first-order valence-electron chi connectivity index (χ1n) is 24.7. The average molecular weight is 991 g/mol. The summed E-state index contributed by atoms with van der Waals surface area (Å²) in [5, 5.41) is 98.1. The molecule has 0 radical (unpaired) electrons. The molecule has 19 heteroatoms. The number of carboxylic acid groups (broad SMARTS) is 1. The maximum atomic E-state index is 15.3. The second-order valence-corrected chi connectivity index (χ2v) is 23.1. The van der Waals surface area contributed by atoms with Crippen LogP contribution in [0.2, 0.25) is 0 Å². The van der Waals surface area contributed by atoms with Crippen molar-refractivity contribution in [2.75, 3.05) is 27.4 Å². The van der Waals surface area contributed by atoms with Crippen LogP contribution in [0.5, 0.6) is 11.5 Å². The van der Waals surface area contributed by atoms with Crippen molar-refractivity contribution in [2.24, 2.45) is 50.2 Å². The predicted molar refractivity (Wildman–Crippen MR) is 244 cm³/mol. The highest BCUT2D eigenvalue weighted by atomic mass is 16.7. The van der Waals surface area contributed by atoms with Gasteiger partial charge >= 0.3 is 17.9 Å². The Morgan fingerprint density at radius 3 is 2.09 bits per heavy atom. The fourth-order valence-corrected chi connectivity index (χ4v) is 14.9. The lowest BCUT2D eigenvalue weighted by atomic mass is 9.33. The van der Waals surface area contributed by atoms with Crippen molar-refractivity contribution >= 4 is 17.9 Å². The summed E-state index contributed by atoms with van der Waals surface area (Å²) >= 11 is 0. The Kier molecular flexibility index (Phi) is 14.2. The molecule has 1 aromatic carbocycles. The van der Waals surface area contributed by atoms with E-state index < -0.39 is 131 Å². The summed E-state index contributed by atoms with van der Waals surface area (Å²) < 4.78 is 40.4. The number of methoxy groups -OCH3 is 2. The highest BCUT2D eigenvalue weighted by Crippen LogP contribution is 2.76. The number of rotatable bonds is 11. The number of esters is 2. The molecule has 0 spiro atoms. The molecule has 6 fully saturated rings. The number of fused-ring (bicyclic) bond motifs is 7. The molecule has 0 unspecified atom stereocenters. The Morgan fingerprint density at radius 2 is 1.44 bits per heavy atom. The van der Waals surface area contributed by atoms with E-state index in [2.05, 4.69) is 40.7 Å². The number of benzene rings is 1. The van der Waals surface area contributed by atoms with Crippen LogP contribution in [0.1, 0.15) is 110 Å². The van der Waals surface area contributed by atoms with Crippen LogP contribution in [0, 0.1) is 50.2 Å². The molecule has 70 heavy (non-hydrogen) atoms. The second-order valence-electron chi connectivity index (χ2n) is 23.1. The minimum absolute atomic E-state index is 0.00281. The number of aliphatic hydroxyl groups is 8. The zero-order valence-electron chi connectivity index (χ0n) is 41.4. The molecule has 8 rings (SSSR count). The van der Waals surface area contributed by atoms with Gasteiger partial charge in [-0.2, -0.15) is 0 Å². The van der Waals surface area contributed by atoms with E-state index >= 15 is 4.79 Å². The molecule has 5 aliphatic carbocycles. The lowest BCUT2D eigenvalue weighted by Crippen LogP contribution is -2.69. The molecule has 392 valence electrons. The highest BCUT2D eigenvalue weighted by Gasteiger charge is 2.72. The van der Waals surface area contributed by atoms with Crippen molar-refractivity contribution in [2.45, 2.75) is 173 Å². The third-order valence-corrected chi connectivity index (χ3v) is 19.2. The van der Waals surface area contributed by atoms with Crippen LogP contribution < -0.4 is 9.47 Å². The summed E-state index contributed by atoms with van der Waals surface area (Å²) in [7, 11) is 2.83. The van der Waals surface area contributed by atoms with Crippen LogP contribution in [-0.2, 0) is 33.3 Å². The Morgan fingerprint density at radius 1 is 0.743 bits per heavy atom. The number of carboxylic acids is 1. The van der Waals surface area contributed by atoms with Gasteiger partial charge in [-0.3, -0.25) is 4.79 Å². The Hall–Kier alpha value is -3.47. The van der Waals surface area contributed by atoms with Crippen LogP contribution in [-0.4, -0.2) is 165 Å². The molecule has 0 bridgehead atoms. The van der Waals surface area contributed by atoms with Gasteiger partial charge in [0.2, 0.25) is 6.29 Å². The first-order valence-corrected chi connectivity index (χ1v) is 24.7. The van der Waals surface area contributed by atoms with Crippen molar-refractivity contribution in [3.63, 3.8) is 0 Å². The van der Waals surface area contributed by atoms with Gasteiger partial charge in [-0.25, -0.2) is 9.59 Å². The van der Waals surface area contributed by atoms with Gasteiger partial charge in [-0.1, -0.05) is 53.2 Å². The van der Waals surface area contributed by atoms with E-state index in [1.807, 2.05) is 6.92 Å². The molecule has 2 saturated heterocycles. The van der Waals surface area contributed by atoms with E-state index in [-0.39, 0.29) is 48.0 Å². The number of aliphatic carboxylic acids is 1. The number of aliphatic hydroxyl groups excluding tert-OH is 8. The molecule has 7 aliphatic rings. The molecule has 4 saturated carbocycles. The Bertz CT molecular complexity index is 2180. The summed E-state index contributed by atoms with van der Waals surface area (Å²) in [4.78, 5) is 40.8. The van der Waals surface area contributed by atoms with Crippen molar-refractivity contribution in [3.05, 3.63) is 35.4 Å². The van der Waals surface area contributed by atoms with Crippen LogP contribution >= 0.6 is 0 Å². The second kappa shape index (κ2) is 18.8. The van der Waals surface area contributed by atoms with Gasteiger partial charge in [0.15, 0.2) is 30.0 Å². The number of carbonyl (C=O) groups is 3. The van der Waals surface area contributed by atoms with E-state index in [4.69, 9.17) is 33.2 Å². The monoisotopic (exact) mass is 990 g/mol. The third kappa shape index (κ3) is 8.08. The van der Waals surface area contributed by atoms with E-state index in [0.717, 1.165) is 5.57 Å². The lowest BCUT2D eigenvalue weighted by molar-refractivity contribution is -0.327. The van der Waals surface area contributed by atoms with E-state index in [0.29, 0.717) is 50.7 Å². The zero-order valence-corrected chi connectivity index (χ0v) is 41.4. The third-order valence-electron chi connectivity index (χ3n) is 19.2. The van der Waals surface area contributed by atoms with Crippen LogP contribution in [0.4, 0.5) is 0 Å². The fourth-order valence-electron chi connectivity index (χ4n) is 14.9. The molecule has 2 aliphatic heterocycles. The minimum atomic E-state index is -1.88. The normalized spacial score (nSPS) is 46.4. The standard InChI is InChI=1S/C51H74O19/c1-46(2)17-18-51(45(63)70-44-40(36(57)34(55)29(22-52)66-44)68-42(62)24-9-11-27(64-7)28(19-24)65-8)26(20-46)25-10-12-31-47(3)15-14-33(67-43-38(59)35(56)37(58)39(69-43)41(60)61)48(4,23-53)30(47)13-16-49(31,5)50(25,6)21-32(51)54/h9-11,19,26,29-40,43-44,52-59H,12-18,20-23H2,1-8H3,(H,60,61)/t26-,29+,30+,31+,32+,33-,34-,35-,36-,37-,38+,39-,40+,43+,44-,47-,48-,49+,50+,51+/m0/s1. The Labute approximate surface area is 408 Å². The van der Waals surface area contributed by atoms with Gasteiger partial charge in [-0.15, -0.1) is 0 Å². The van der Waals surface area contributed by atoms with E-state index in [9.17, 15) is 55.5 Å². The largest absolute Gasteiger partial charge is 0.493 e. The molecule has 1 aromatic rings. The molecular formula is C51H74O19. The van der Waals surface area contributed by atoms with Gasteiger partial charge in [0.05, 0.1) is 45.2 Å². The van der Waals surface area contributed by atoms with Crippen molar-refractivity contribution in [1.29, 1.82) is 0 Å². The molecule has 0 aromatic heterocycles. The maximum absolute atomic E-state index is 15.3. The van der Waals surface area contributed by atoms with Crippen molar-refractivity contribution in [3.8, 4) is 11.5 Å². The van der Waals surface area contributed by atoms with Crippen LogP contribution in [0.3, 0.4) is 0 Å². The number of ether oxygens (including phenoxy) is 7. The number of hydrogen-bond acceptors (Lipinski definition) is 18. The van der Waals surface area contributed by atoms with Crippen LogP contribution in [0.15, 0.2) is 29.8 Å². The van der Waals surface area contributed by atoms with Gasteiger partial charge in [0.1, 0.15) is 42.0 Å². The quantitative estimate of drug-likeness (QED) is 0.0873. The molecular weight excluding hydrogens is 917 g/mol. The summed E-state index contributed by atoms with van der Waals surface area (Å²) in [6, 6.07) is 4.27. The van der Waals surface area contributed by atoms with E-state index in [1.54, 1.807) is 0 Å². The van der Waals surface area contributed by atoms with Gasteiger partial charge in [-0.05, 0) is 115 Å². The SMILES string of the molecule is COc1ccc(C(=O)O[C@H]2[C@H](OC(=O)[C@]34CCC(C)(C)C[C@H]3C3=CC[C@@H]5[C@@]6(C)CC[C@H](O[C@@H]7O[C@H](C(=O)O)[C@@H](O)[C@H](O)[C@H]7O)[C@@](C)(CO)[C@@H]6CC[C@@]5(C)[C@]3(C)C[C@H]4O)O[C@H](CO)[C@H](O)[C@@H]2O)cc1OC. The molecule has 20 atom stereocenters. The van der Waals surface area contributed by atoms with E-state index in [1.165, 1.54) is 32.4 Å². The molecule has 2 heterocycles. The van der Waals surface area contributed by atoms with Crippen molar-refractivity contribution < 1.29 is 93.5 Å². The predicted octanol–water partition coefficient (Wildman–Crippen LogP) is 2.23. The summed E-state index contributed by atoms with van der Waals surface area (Å²) in [6.07, 6.45) is -12.6. The molecule has 9 N–H and O–H groups in total. The van der Waals surface area contributed by atoms with Gasteiger partial charge < -0.3 is 79.1 Å². The number of carbonyl (C=O) groups excluding carboxylic acids is 2. The molecule has 0 amide bonds. The smallest absolute Gasteiger partial charge is 0.338 e. The minimum Gasteiger partial charge on any atom is -0.493 e. The number of allylic oxidation sites excluding steroid dienone is 2. The summed E-state index contributed by atoms with van der Waals surface area (Å²) in [5.41, 5.74) is -3.10. The first kappa shape index (κ1) is 52.8. The Balaban J connectivity index is 1.09. The fraction of sp³-hybridized carbons (Fsp3) is 0.784. The van der Waals surface area contributed by atoms with Gasteiger partial charge in [0.25, 0.3) is 0 Å². The average Bonchev–Trinajstić information content (AvgIpc) is 3.31. The summed E-state index contributed by atoms with van der Waals surface area (Å²) in [5.74, 6) is -3.36. The first-order chi connectivity index (χ1) is 32.8. The zero-order chi connectivity index (χ0) is 51.3. The lowest BCUT2D eigenvalue weighted by Gasteiger charge is -2.72. The topological polar surface area (TPSA) is 298 Å². The van der Waals surface area contributed by atoms with Crippen molar-refractivity contribution in [1.82, 2.24) is 0 Å². The highest BCUT2D eigenvalue weighted by molar-refractivity contribution is 5.90.